The van der Waals surface area contributed by atoms with Gasteiger partial charge in [-0.25, -0.2) is 0 Å². The first-order chi connectivity index (χ1) is 8.61. The van der Waals surface area contributed by atoms with Crippen LogP contribution in [0.3, 0.4) is 0 Å². The van der Waals surface area contributed by atoms with Crippen molar-refractivity contribution in [2.45, 2.75) is 19.9 Å². The zero-order valence-electron chi connectivity index (χ0n) is 10.7. The van der Waals surface area contributed by atoms with E-state index in [1.807, 2.05) is 38.1 Å². The standard InChI is InChI=1S/C13H19IN2O2/c1-3-15-10(2)8-16-13(17)9-18-12-6-4-11(14)5-7-12/h4-7,10,15H,3,8-9H2,1-2H3,(H,16,17)/t10-/m1/s1. The van der Waals surface area contributed by atoms with Crippen LogP contribution in [0.4, 0.5) is 0 Å². The molecule has 0 aliphatic rings. The van der Waals surface area contributed by atoms with Crippen molar-refractivity contribution in [1.29, 1.82) is 0 Å². The van der Waals surface area contributed by atoms with Crippen LogP contribution in [-0.4, -0.2) is 31.6 Å². The minimum absolute atomic E-state index is 0.0550. The van der Waals surface area contributed by atoms with E-state index in [2.05, 4.69) is 33.2 Å². The number of carbonyl (C=O) groups excluding carboxylic acids is 1. The molecule has 0 saturated carbocycles. The third-order valence-electron chi connectivity index (χ3n) is 2.34. The molecular weight excluding hydrogens is 343 g/mol. The summed E-state index contributed by atoms with van der Waals surface area (Å²) in [6.07, 6.45) is 0. The molecule has 1 aromatic rings. The first-order valence-electron chi connectivity index (χ1n) is 6.00. The highest BCUT2D eigenvalue weighted by molar-refractivity contribution is 14.1. The smallest absolute Gasteiger partial charge is 0.257 e. The van der Waals surface area contributed by atoms with Gasteiger partial charge in [-0.1, -0.05) is 6.92 Å². The molecule has 0 radical (unpaired) electrons. The Bertz CT molecular complexity index is 368. The summed E-state index contributed by atoms with van der Waals surface area (Å²) in [4.78, 5) is 11.5. The molecule has 1 amide bonds. The Morgan fingerprint density at radius 3 is 2.67 bits per heavy atom. The number of hydrogen-bond acceptors (Lipinski definition) is 3. The average molecular weight is 362 g/mol. The van der Waals surface area contributed by atoms with E-state index < -0.39 is 0 Å². The maximum atomic E-state index is 11.5. The Balaban J connectivity index is 2.22. The van der Waals surface area contributed by atoms with Gasteiger partial charge >= 0.3 is 0 Å². The summed E-state index contributed by atoms with van der Waals surface area (Å²) in [5, 5.41) is 6.05. The lowest BCUT2D eigenvalue weighted by molar-refractivity contribution is -0.123. The third-order valence-corrected chi connectivity index (χ3v) is 3.06. The van der Waals surface area contributed by atoms with Gasteiger partial charge in [-0.3, -0.25) is 4.79 Å². The van der Waals surface area contributed by atoms with E-state index in [1.54, 1.807) is 0 Å². The van der Waals surface area contributed by atoms with Gasteiger partial charge in [-0.15, -0.1) is 0 Å². The van der Waals surface area contributed by atoms with E-state index in [1.165, 1.54) is 0 Å². The summed E-state index contributed by atoms with van der Waals surface area (Å²) in [6.45, 7) is 5.64. The van der Waals surface area contributed by atoms with Crippen molar-refractivity contribution in [2.75, 3.05) is 19.7 Å². The van der Waals surface area contributed by atoms with E-state index in [0.717, 1.165) is 10.1 Å². The Kier molecular flexibility index (Phi) is 7.04. The van der Waals surface area contributed by atoms with E-state index in [0.29, 0.717) is 12.3 Å². The van der Waals surface area contributed by atoms with Gasteiger partial charge in [0.2, 0.25) is 0 Å². The molecule has 18 heavy (non-hydrogen) atoms. The summed E-state index contributed by atoms with van der Waals surface area (Å²) >= 11 is 2.22. The molecule has 0 aliphatic heterocycles. The van der Waals surface area contributed by atoms with Crippen molar-refractivity contribution in [3.05, 3.63) is 27.8 Å². The van der Waals surface area contributed by atoms with Gasteiger partial charge in [0, 0.05) is 16.2 Å². The van der Waals surface area contributed by atoms with Crippen LogP contribution >= 0.6 is 22.6 Å². The minimum atomic E-state index is -0.0988. The van der Waals surface area contributed by atoms with Crippen LogP contribution in [0.2, 0.25) is 0 Å². The molecule has 0 unspecified atom stereocenters. The molecule has 5 heteroatoms. The van der Waals surface area contributed by atoms with Gasteiger partial charge in [0.1, 0.15) is 5.75 Å². The molecule has 0 fully saturated rings. The highest BCUT2D eigenvalue weighted by Crippen LogP contribution is 2.13. The maximum Gasteiger partial charge on any atom is 0.257 e. The van der Waals surface area contributed by atoms with Crippen molar-refractivity contribution in [3.8, 4) is 5.75 Å². The fraction of sp³-hybridized carbons (Fsp3) is 0.462. The van der Waals surface area contributed by atoms with Crippen LogP contribution in [0.25, 0.3) is 0 Å². The molecule has 0 bridgehead atoms. The molecule has 0 saturated heterocycles. The predicted octanol–water partition coefficient (Wildman–Crippen LogP) is 1.78. The van der Waals surface area contributed by atoms with E-state index in [-0.39, 0.29) is 18.6 Å². The lowest BCUT2D eigenvalue weighted by atomic mass is 10.3. The second-order valence-electron chi connectivity index (χ2n) is 4.01. The predicted molar refractivity (Wildman–Crippen MR) is 80.8 cm³/mol. The lowest BCUT2D eigenvalue weighted by Gasteiger charge is -2.13. The van der Waals surface area contributed by atoms with Crippen LogP contribution in [0.5, 0.6) is 5.75 Å². The Morgan fingerprint density at radius 2 is 2.06 bits per heavy atom. The molecule has 0 heterocycles. The summed E-state index contributed by atoms with van der Waals surface area (Å²) in [5.41, 5.74) is 0. The second-order valence-corrected chi connectivity index (χ2v) is 5.25. The van der Waals surface area contributed by atoms with Crippen LogP contribution in [0, 0.1) is 3.57 Å². The highest BCUT2D eigenvalue weighted by Gasteiger charge is 2.05. The number of nitrogens with one attached hydrogen (secondary N) is 2. The molecule has 1 atom stereocenters. The molecule has 1 aromatic carbocycles. The first kappa shape index (κ1) is 15.2. The number of ether oxygens (including phenoxy) is 1. The summed E-state index contributed by atoms with van der Waals surface area (Å²) < 4.78 is 6.52. The van der Waals surface area contributed by atoms with Crippen LogP contribution in [0.15, 0.2) is 24.3 Å². The average Bonchev–Trinajstić information content (AvgIpc) is 2.36. The lowest BCUT2D eigenvalue weighted by Crippen LogP contribution is -2.40. The van der Waals surface area contributed by atoms with Gasteiger partial charge in [0.15, 0.2) is 6.61 Å². The molecular formula is C13H19IN2O2. The fourth-order valence-electron chi connectivity index (χ4n) is 1.42. The second kappa shape index (κ2) is 8.31. The van der Waals surface area contributed by atoms with Crippen molar-refractivity contribution in [2.24, 2.45) is 0 Å². The molecule has 0 aliphatic carbocycles. The Hall–Kier alpha value is -0.820. The van der Waals surface area contributed by atoms with Gasteiger partial charge in [0.25, 0.3) is 5.91 Å². The zero-order valence-corrected chi connectivity index (χ0v) is 12.9. The minimum Gasteiger partial charge on any atom is -0.484 e. The number of likely N-dealkylation sites (N-methyl/N-ethyl adjacent to an activating group) is 1. The molecule has 0 aromatic heterocycles. The number of hydrogen-bond donors (Lipinski definition) is 2. The van der Waals surface area contributed by atoms with Gasteiger partial charge < -0.3 is 15.4 Å². The van der Waals surface area contributed by atoms with E-state index >= 15 is 0 Å². The zero-order chi connectivity index (χ0) is 13.4. The summed E-state index contributed by atoms with van der Waals surface area (Å²) in [7, 11) is 0. The Labute approximate surface area is 122 Å². The van der Waals surface area contributed by atoms with Crippen molar-refractivity contribution < 1.29 is 9.53 Å². The van der Waals surface area contributed by atoms with E-state index in [4.69, 9.17) is 4.74 Å². The number of rotatable bonds is 7. The normalized spacial score (nSPS) is 11.9. The molecule has 0 spiro atoms. The van der Waals surface area contributed by atoms with Crippen LogP contribution in [-0.2, 0) is 4.79 Å². The third kappa shape index (κ3) is 6.20. The monoisotopic (exact) mass is 362 g/mol. The molecule has 1 rings (SSSR count). The van der Waals surface area contributed by atoms with Crippen LogP contribution < -0.4 is 15.4 Å². The number of halogens is 1. The largest absolute Gasteiger partial charge is 0.484 e. The number of carbonyl (C=O) groups is 1. The summed E-state index contributed by atoms with van der Waals surface area (Å²) in [5.74, 6) is 0.614. The molecule has 100 valence electrons. The maximum absolute atomic E-state index is 11.5. The number of amides is 1. The first-order valence-corrected chi connectivity index (χ1v) is 7.08. The quantitative estimate of drug-likeness (QED) is 0.728. The van der Waals surface area contributed by atoms with Gasteiger partial charge in [0.05, 0.1) is 0 Å². The Morgan fingerprint density at radius 1 is 1.39 bits per heavy atom. The van der Waals surface area contributed by atoms with E-state index in [9.17, 15) is 4.79 Å². The summed E-state index contributed by atoms with van der Waals surface area (Å²) in [6, 6.07) is 7.88. The van der Waals surface area contributed by atoms with Gasteiger partial charge in [-0.2, -0.15) is 0 Å². The van der Waals surface area contributed by atoms with Crippen molar-refractivity contribution in [3.63, 3.8) is 0 Å². The molecule has 4 nitrogen and oxygen atoms in total. The molecule has 2 N–H and O–H groups in total. The van der Waals surface area contributed by atoms with Crippen molar-refractivity contribution >= 4 is 28.5 Å². The van der Waals surface area contributed by atoms with Crippen molar-refractivity contribution in [1.82, 2.24) is 10.6 Å². The number of benzene rings is 1. The topological polar surface area (TPSA) is 50.4 Å². The van der Waals surface area contributed by atoms with Crippen LogP contribution in [0.1, 0.15) is 13.8 Å². The van der Waals surface area contributed by atoms with Gasteiger partial charge in [-0.05, 0) is 60.3 Å². The highest BCUT2D eigenvalue weighted by atomic mass is 127. The fourth-order valence-corrected chi connectivity index (χ4v) is 1.78. The SMILES string of the molecule is CCN[C@H](C)CNC(=O)COc1ccc(I)cc1.